The number of ether oxygens (including phenoxy) is 1. The Kier molecular flexibility index (Phi) is 4.52. The lowest BCUT2D eigenvalue weighted by Crippen LogP contribution is -2.60. The minimum atomic E-state index is -0.715. The van der Waals surface area contributed by atoms with Crippen LogP contribution in [0.3, 0.4) is 0 Å². The van der Waals surface area contributed by atoms with Crippen molar-refractivity contribution in [2.75, 3.05) is 0 Å². The minimum absolute atomic E-state index is 0.101. The number of oxime groups is 1. The number of amides is 1. The van der Waals surface area contributed by atoms with Crippen molar-refractivity contribution >= 4 is 11.7 Å². The largest absolute Gasteiger partial charge is 0.409 e. The molecule has 1 saturated carbocycles. The highest BCUT2D eigenvalue weighted by Crippen LogP contribution is 2.33. The second-order valence-electron chi connectivity index (χ2n) is 6.25. The monoisotopic (exact) mass is 283 g/mol. The molecule has 1 heterocycles. The van der Waals surface area contributed by atoms with Gasteiger partial charge in [0, 0.05) is 0 Å². The highest BCUT2D eigenvalue weighted by Gasteiger charge is 2.42. The predicted octanol–water partition coefficient (Wildman–Crippen LogP) is 1.37. The van der Waals surface area contributed by atoms with Crippen LogP contribution in [0.2, 0.25) is 0 Å². The molecule has 0 aromatic carbocycles. The van der Waals surface area contributed by atoms with Gasteiger partial charge in [0.25, 0.3) is 0 Å². The second-order valence-corrected chi connectivity index (χ2v) is 6.25. The fourth-order valence-corrected chi connectivity index (χ4v) is 3.11. The average molecular weight is 283 g/mol. The molecule has 2 atom stereocenters. The Morgan fingerprint density at radius 3 is 2.45 bits per heavy atom. The predicted molar refractivity (Wildman–Crippen MR) is 75.5 cm³/mol. The fraction of sp³-hybridized carbons (Fsp3) is 0.857. The molecule has 0 aromatic heterocycles. The number of nitrogens with two attached hydrogens (primary N) is 1. The molecular formula is C14H25N3O3. The van der Waals surface area contributed by atoms with Gasteiger partial charge in [0.1, 0.15) is 11.6 Å². The first kappa shape index (κ1) is 15.1. The summed E-state index contributed by atoms with van der Waals surface area (Å²) in [6.07, 6.45) is 4.67. The summed E-state index contributed by atoms with van der Waals surface area (Å²) in [7, 11) is 0. The zero-order valence-electron chi connectivity index (χ0n) is 12.3. The van der Waals surface area contributed by atoms with E-state index in [0.717, 1.165) is 25.7 Å². The lowest BCUT2D eigenvalue weighted by atomic mass is 9.76. The Morgan fingerprint density at radius 1 is 1.30 bits per heavy atom. The highest BCUT2D eigenvalue weighted by molar-refractivity contribution is 5.95. The van der Waals surface area contributed by atoms with Crippen molar-refractivity contribution in [1.82, 2.24) is 5.32 Å². The van der Waals surface area contributed by atoms with Crippen molar-refractivity contribution in [1.29, 1.82) is 0 Å². The van der Waals surface area contributed by atoms with E-state index in [4.69, 9.17) is 15.7 Å². The first-order chi connectivity index (χ1) is 9.47. The van der Waals surface area contributed by atoms with E-state index in [2.05, 4.69) is 17.4 Å². The number of hydrogen-bond donors (Lipinski definition) is 3. The molecule has 1 aliphatic heterocycles. The van der Waals surface area contributed by atoms with Crippen molar-refractivity contribution < 1.29 is 14.7 Å². The molecule has 2 rings (SSSR count). The van der Waals surface area contributed by atoms with E-state index in [-0.39, 0.29) is 17.8 Å². The Bertz CT molecular complexity index is 389. The summed E-state index contributed by atoms with van der Waals surface area (Å²) in [5.74, 6) is 0.563. The summed E-state index contributed by atoms with van der Waals surface area (Å²) in [6, 6.07) is 0. The number of hydrogen-bond acceptors (Lipinski definition) is 4. The van der Waals surface area contributed by atoms with Crippen LogP contribution in [0, 0.1) is 5.92 Å². The number of rotatable bonds is 3. The van der Waals surface area contributed by atoms with Gasteiger partial charge in [-0.2, -0.15) is 0 Å². The SMILES string of the molecule is CC1CCC(NC(=O)C2CCC(C)O2)(C(N)=NO)CC1. The van der Waals surface area contributed by atoms with Gasteiger partial charge in [-0.15, -0.1) is 0 Å². The maximum absolute atomic E-state index is 12.3. The van der Waals surface area contributed by atoms with Gasteiger partial charge in [-0.05, 0) is 51.4 Å². The Hall–Kier alpha value is -1.30. The molecule has 0 radical (unpaired) electrons. The van der Waals surface area contributed by atoms with Crippen molar-refractivity contribution in [2.45, 2.75) is 70.1 Å². The van der Waals surface area contributed by atoms with Crippen LogP contribution in [0.4, 0.5) is 0 Å². The summed E-state index contributed by atoms with van der Waals surface area (Å²) in [5.41, 5.74) is 5.13. The topological polar surface area (TPSA) is 96.9 Å². The van der Waals surface area contributed by atoms with Crippen molar-refractivity contribution in [3.63, 3.8) is 0 Å². The minimum Gasteiger partial charge on any atom is -0.409 e. The van der Waals surface area contributed by atoms with E-state index >= 15 is 0 Å². The third kappa shape index (κ3) is 3.06. The first-order valence-electron chi connectivity index (χ1n) is 7.42. The molecule has 4 N–H and O–H groups in total. The van der Waals surface area contributed by atoms with Crippen LogP contribution in [0.1, 0.15) is 52.4 Å². The van der Waals surface area contributed by atoms with Crippen LogP contribution in [0.15, 0.2) is 5.16 Å². The molecule has 114 valence electrons. The van der Waals surface area contributed by atoms with Crippen LogP contribution in [0.5, 0.6) is 0 Å². The highest BCUT2D eigenvalue weighted by atomic mass is 16.5. The van der Waals surface area contributed by atoms with Gasteiger partial charge >= 0.3 is 0 Å². The number of nitrogens with one attached hydrogen (secondary N) is 1. The van der Waals surface area contributed by atoms with Gasteiger partial charge in [0.2, 0.25) is 5.91 Å². The third-order valence-electron chi connectivity index (χ3n) is 4.61. The molecule has 0 spiro atoms. The molecule has 20 heavy (non-hydrogen) atoms. The van der Waals surface area contributed by atoms with E-state index in [9.17, 15) is 4.79 Å². The maximum Gasteiger partial charge on any atom is 0.249 e. The van der Waals surface area contributed by atoms with E-state index in [1.54, 1.807) is 0 Å². The van der Waals surface area contributed by atoms with Crippen molar-refractivity contribution in [2.24, 2.45) is 16.8 Å². The average Bonchev–Trinajstić information content (AvgIpc) is 2.87. The molecule has 6 nitrogen and oxygen atoms in total. The molecule has 0 bridgehead atoms. The quantitative estimate of drug-likeness (QED) is 0.315. The molecule has 1 aliphatic carbocycles. The van der Waals surface area contributed by atoms with Gasteiger partial charge in [-0.3, -0.25) is 4.79 Å². The van der Waals surface area contributed by atoms with E-state index in [0.29, 0.717) is 18.8 Å². The van der Waals surface area contributed by atoms with E-state index in [1.165, 1.54) is 0 Å². The molecule has 2 unspecified atom stereocenters. The lowest BCUT2D eigenvalue weighted by Gasteiger charge is -2.39. The number of amidine groups is 1. The molecule has 6 heteroatoms. The normalized spacial score (nSPS) is 38.7. The summed E-state index contributed by atoms with van der Waals surface area (Å²) in [5, 5.41) is 15.1. The number of carbonyl (C=O) groups excluding carboxylic acids is 1. The first-order valence-corrected chi connectivity index (χ1v) is 7.42. The van der Waals surface area contributed by atoms with Crippen molar-refractivity contribution in [3.05, 3.63) is 0 Å². The van der Waals surface area contributed by atoms with Gasteiger partial charge in [-0.1, -0.05) is 12.1 Å². The standard InChI is InChI=1S/C14H25N3O3/c1-9-5-7-14(8-6-9,13(15)17-19)16-12(18)11-4-3-10(2)20-11/h9-11,19H,3-8H2,1-2H3,(H2,15,17)(H,16,18). The molecule has 1 saturated heterocycles. The zero-order chi connectivity index (χ0) is 14.8. The Morgan fingerprint density at radius 2 is 1.95 bits per heavy atom. The van der Waals surface area contributed by atoms with Crippen LogP contribution >= 0.6 is 0 Å². The van der Waals surface area contributed by atoms with Crippen LogP contribution in [0.25, 0.3) is 0 Å². The summed E-state index contributed by atoms with van der Waals surface area (Å²) in [6.45, 7) is 4.15. The van der Waals surface area contributed by atoms with Gasteiger partial charge in [-0.25, -0.2) is 0 Å². The Labute approximate surface area is 119 Å². The van der Waals surface area contributed by atoms with Crippen LogP contribution in [-0.4, -0.2) is 34.7 Å². The second kappa shape index (κ2) is 5.99. The number of nitrogens with zero attached hydrogens (tertiary/aromatic N) is 1. The van der Waals surface area contributed by atoms with Crippen molar-refractivity contribution in [3.8, 4) is 0 Å². The molecule has 2 aliphatic rings. The Balaban J connectivity index is 2.06. The van der Waals surface area contributed by atoms with E-state index in [1.807, 2.05) is 6.92 Å². The van der Waals surface area contributed by atoms with Crippen LogP contribution in [-0.2, 0) is 9.53 Å². The lowest BCUT2D eigenvalue weighted by molar-refractivity contribution is -0.133. The number of carbonyl (C=O) groups is 1. The molecular weight excluding hydrogens is 258 g/mol. The van der Waals surface area contributed by atoms with Crippen LogP contribution < -0.4 is 11.1 Å². The third-order valence-corrected chi connectivity index (χ3v) is 4.61. The summed E-state index contributed by atoms with van der Waals surface area (Å²) < 4.78 is 5.59. The van der Waals surface area contributed by atoms with Gasteiger partial charge < -0.3 is 21.0 Å². The molecule has 2 fully saturated rings. The van der Waals surface area contributed by atoms with Gasteiger partial charge in [0.05, 0.1) is 6.10 Å². The molecule has 1 amide bonds. The fourth-order valence-electron chi connectivity index (χ4n) is 3.11. The summed E-state index contributed by atoms with van der Waals surface area (Å²) in [4.78, 5) is 12.3. The maximum atomic E-state index is 12.3. The molecule has 0 aromatic rings. The smallest absolute Gasteiger partial charge is 0.249 e. The van der Waals surface area contributed by atoms with Gasteiger partial charge in [0.15, 0.2) is 5.84 Å². The zero-order valence-corrected chi connectivity index (χ0v) is 12.3. The summed E-state index contributed by atoms with van der Waals surface area (Å²) >= 11 is 0. The van der Waals surface area contributed by atoms with E-state index < -0.39 is 11.6 Å².